The molecule has 0 N–H and O–H groups in total. The average molecular weight is 232 g/mol. The second-order valence-electron chi connectivity index (χ2n) is 7.89. The minimum absolute atomic E-state index is 1.05. The summed E-state index contributed by atoms with van der Waals surface area (Å²) in [4.78, 5) is 0. The first-order valence-corrected chi connectivity index (χ1v) is 8.31. The van der Waals surface area contributed by atoms with Gasteiger partial charge >= 0.3 is 0 Å². The maximum absolute atomic E-state index is 2.56. The lowest BCUT2D eigenvalue weighted by molar-refractivity contribution is 0.0700. The Morgan fingerprint density at radius 2 is 1.29 bits per heavy atom. The summed E-state index contributed by atoms with van der Waals surface area (Å²) in [5, 5.41) is 0. The maximum atomic E-state index is 2.56. The van der Waals surface area contributed by atoms with Gasteiger partial charge in [0.15, 0.2) is 0 Å². The summed E-state index contributed by atoms with van der Waals surface area (Å²) >= 11 is 0. The van der Waals surface area contributed by atoms with Crippen LogP contribution in [0.3, 0.4) is 0 Å². The highest BCUT2D eigenvalue weighted by Gasteiger charge is 2.47. The van der Waals surface area contributed by atoms with Crippen LogP contribution in [0.25, 0.3) is 0 Å². The first kappa shape index (κ1) is 10.9. The molecule has 0 aromatic rings. The van der Waals surface area contributed by atoms with Crippen molar-refractivity contribution in [2.24, 2.45) is 41.4 Å². The molecular formula is C17H28. The Morgan fingerprint density at radius 1 is 0.588 bits per heavy atom. The molecule has 17 heavy (non-hydrogen) atoms. The van der Waals surface area contributed by atoms with Crippen LogP contribution in [0.4, 0.5) is 0 Å². The zero-order valence-electron chi connectivity index (χ0n) is 11.4. The van der Waals surface area contributed by atoms with Crippen molar-refractivity contribution in [2.45, 2.75) is 64.7 Å². The first-order valence-electron chi connectivity index (χ1n) is 8.31. The normalized spacial score (nSPS) is 57.4. The van der Waals surface area contributed by atoms with Crippen molar-refractivity contribution < 1.29 is 0 Å². The Bertz CT molecular complexity index is 294. The third kappa shape index (κ3) is 1.70. The molecule has 4 bridgehead atoms. The summed E-state index contributed by atoms with van der Waals surface area (Å²) in [7, 11) is 0. The number of hydrogen-bond acceptors (Lipinski definition) is 0. The predicted octanol–water partition coefficient (Wildman–Crippen LogP) is 4.89. The molecule has 4 aliphatic rings. The third-order valence-corrected chi connectivity index (χ3v) is 7.21. The molecule has 0 saturated heterocycles. The highest BCUT2D eigenvalue weighted by atomic mass is 14.5. The van der Waals surface area contributed by atoms with Gasteiger partial charge in [0.05, 0.1) is 0 Å². The van der Waals surface area contributed by atoms with E-state index in [0.29, 0.717) is 0 Å². The van der Waals surface area contributed by atoms with Gasteiger partial charge in [-0.3, -0.25) is 0 Å². The van der Waals surface area contributed by atoms with Crippen molar-refractivity contribution in [1.82, 2.24) is 0 Å². The fraction of sp³-hybridized carbons (Fsp3) is 1.00. The Kier molecular flexibility index (Phi) is 2.56. The van der Waals surface area contributed by atoms with Crippen LogP contribution in [0.2, 0.25) is 0 Å². The number of fused-ring (bicyclic) bond motifs is 4. The fourth-order valence-electron chi connectivity index (χ4n) is 6.29. The van der Waals surface area contributed by atoms with Crippen LogP contribution in [0, 0.1) is 41.4 Å². The summed E-state index contributed by atoms with van der Waals surface area (Å²) in [6.07, 6.45) is 14.4. The molecule has 4 rings (SSSR count). The van der Waals surface area contributed by atoms with E-state index in [1.807, 2.05) is 0 Å². The van der Waals surface area contributed by atoms with E-state index in [4.69, 9.17) is 0 Å². The molecule has 4 fully saturated rings. The van der Waals surface area contributed by atoms with E-state index in [2.05, 4.69) is 6.92 Å². The van der Waals surface area contributed by atoms with Gasteiger partial charge in [0.1, 0.15) is 0 Å². The van der Waals surface area contributed by atoms with Gasteiger partial charge in [-0.25, -0.2) is 0 Å². The van der Waals surface area contributed by atoms with Gasteiger partial charge in [0.2, 0.25) is 0 Å². The molecule has 0 heteroatoms. The monoisotopic (exact) mass is 232 g/mol. The van der Waals surface area contributed by atoms with E-state index < -0.39 is 0 Å². The smallest absolute Gasteiger partial charge is 0.0352 e. The fourth-order valence-corrected chi connectivity index (χ4v) is 6.29. The molecule has 4 aliphatic carbocycles. The standard InChI is InChI=1S/C17H28/c1-11-8-17(15-6-5-13(11)10-15)16-7-3-12-2-4-14(16)9-12/h11-17H,2-10H2,1H3. The Morgan fingerprint density at radius 3 is 2.24 bits per heavy atom. The summed E-state index contributed by atoms with van der Waals surface area (Å²) in [5.41, 5.74) is 0. The number of hydrogen-bond donors (Lipinski definition) is 0. The van der Waals surface area contributed by atoms with Crippen molar-refractivity contribution in [3.8, 4) is 0 Å². The van der Waals surface area contributed by atoms with E-state index in [1.54, 1.807) is 57.8 Å². The van der Waals surface area contributed by atoms with E-state index >= 15 is 0 Å². The molecule has 0 aromatic heterocycles. The Labute approximate surface area is 107 Å². The molecule has 0 spiro atoms. The van der Waals surface area contributed by atoms with E-state index in [-0.39, 0.29) is 0 Å². The van der Waals surface area contributed by atoms with Crippen LogP contribution >= 0.6 is 0 Å². The van der Waals surface area contributed by atoms with E-state index in [1.165, 1.54) is 0 Å². The minimum Gasteiger partial charge on any atom is -0.0622 e. The minimum atomic E-state index is 1.05. The highest BCUT2D eigenvalue weighted by Crippen LogP contribution is 2.56. The van der Waals surface area contributed by atoms with Crippen molar-refractivity contribution in [2.75, 3.05) is 0 Å². The van der Waals surface area contributed by atoms with Gasteiger partial charge < -0.3 is 0 Å². The highest BCUT2D eigenvalue weighted by molar-refractivity contribution is 4.97. The van der Waals surface area contributed by atoms with E-state index in [9.17, 15) is 0 Å². The lowest BCUT2D eigenvalue weighted by Crippen LogP contribution is -2.34. The Hall–Kier alpha value is 0. The molecule has 0 aromatic carbocycles. The average Bonchev–Trinajstić information content (AvgIpc) is 2.91. The predicted molar refractivity (Wildman–Crippen MR) is 71.7 cm³/mol. The lowest BCUT2D eigenvalue weighted by Gasteiger charge is -2.42. The summed E-state index contributed by atoms with van der Waals surface area (Å²) in [6.45, 7) is 2.56. The van der Waals surface area contributed by atoms with Gasteiger partial charge in [-0.05, 0) is 86.4 Å². The molecule has 0 amide bonds. The van der Waals surface area contributed by atoms with Crippen molar-refractivity contribution in [1.29, 1.82) is 0 Å². The maximum Gasteiger partial charge on any atom is -0.0352 e. The topological polar surface area (TPSA) is 0 Å². The van der Waals surface area contributed by atoms with Crippen LogP contribution in [-0.4, -0.2) is 0 Å². The van der Waals surface area contributed by atoms with E-state index in [0.717, 1.165) is 41.4 Å². The molecule has 7 atom stereocenters. The van der Waals surface area contributed by atoms with Crippen molar-refractivity contribution >= 4 is 0 Å². The molecule has 0 aliphatic heterocycles. The molecule has 4 saturated carbocycles. The van der Waals surface area contributed by atoms with Gasteiger partial charge in [0.25, 0.3) is 0 Å². The van der Waals surface area contributed by atoms with Gasteiger partial charge in [0, 0.05) is 0 Å². The molecular weight excluding hydrogens is 204 g/mol. The molecule has 96 valence electrons. The largest absolute Gasteiger partial charge is 0.0622 e. The van der Waals surface area contributed by atoms with Crippen molar-refractivity contribution in [3.63, 3.8) is 0 Å². The summed E-state index contributed by atoms with van der Waals surface area (Å²) in [5.74, 6) is 7.93. The van der Waals surface area contributed by atoms with Gasteiger partial charge in [-0.1, -0.05) is 19.8 Å². The van der Waals surface area contributed by atoms with Crippen LogP contribution < -0.4 is 0 Å². The zero-order chi connectivity index (χ0) is 11.4. The summed E-state index contributed by atoms with van der Waals surface area (Å²) < 4.78 is 0. The molecule has 0 nitrogen and oxygen atoms in total. The lowest BCUT2D eigenvalue weighted by atomic mass is 9.63. The van der Waals surface area contributed by atoms with Crippen LogP contribution in [0.1, 0.15) is 64.7 Å². The Balaban J connectivity index is 1.53. The molecule has 0 radical (unpaired) electrons. The molecule has 0 heterocycles. The second-order valence-corrected chi connectivity index (χ2v) is 7.89. The van der Waals surface area contributed by atoms with Crippen LogP contribution in [0.5, 0.6) is 0 Å². The molecule has 7 unspecified atom stereocenters. The van der Waals surface area contributed by atoms with Gasteiger partial charge in [-0.15, -0.1) is 0 Å². The second kappa shape index (κ2) is 4.00. The van der Waals surface area contributed by atoms with Crippen LogP contribution in [-0.2, 0) is 0 Å². The van der Waals surface area contributed by atoms with Crippen molar-refractivity contribution in [3.05, 3.63) is 0 Å². The quantitative estimate of drug-likeness (QED) is 0.604. The SMILES string of the molecule is CC1CC(C2CCC3CCC2C3)C2CCC1C2. The zero-order valence-corrected chi connectivity index (χ0v) is 11.4. The third-order valence-electron chi connectivity index (χ3n) is 7.21. The summed E-state index contributed by atoms with van der Waals surface area (Å²) in [6, 6.07) is 0. The van der Waals surface area contributed by atoms with Crippen LogP contribution in [0.15, 0.2) is 0 Å². The number of rotatable bonds is 1. The first-order chi connectivity index (χ1) is 8.31. The van der Waals surface area contributed by atoms with Gasteiger partial charge in [-0.2, -0.15) is 0 Å².